The van der Waals surface area contributed by atoms with E-state index < -0.39 is 10.0 Å². The number of halogens is 1. The van der Waals surface area contributed by atoms with E-state index in [0.717, 1.165) is 10.7 Å². The third-order valence-electron chi connectivity index (χ3n) is 1.55. The van der Waals surface area contributed by atoms with Crippen molar-refractivity contribution in [2.75, 3.05) is 17.6 Å². The minimum Gasteiger partial charge on any atom is -0.272 e. The Hall–Kier alpha value is -0.620. The van der Waals surface area contributed by atoms with Crippen LogP contribution in [0.15, 0.2) is 22.9 Å². The average molecular weight is 265 g/mol. The van der Waals surface area contributed by atoms with Gasteiger partial charge in [-0.05, 0) is 22.0 Å². The van der Waals surface area contributed by atoms with E-state index in [0.29, 0.717) is 5.69 Å². The molecule has 1 rings (SSSR count). The van der Waals surface area contributed by atoms with E-state index in [2.05, 4.69) is 20.9 Å². The van der Waals surface area contributed by atoms with Crippen molar-refractivity contribution in [1.82, 2.24) is 4.98 Å². The first-order valence-corrected chi connectivity index (χ1v) is 6.10. The molecule has 0 saturated heterocycles. The molecular weight excluding hydrogens is 256 g/mol. The molecule has 1 aromatic rings. The maximum Gasteiger partial charge on any atom is 0.232 e. The van der Waals surface area contributed by atoms with Gasteiger partial charge in [-0.1, -0.05) is 0 Å². The molecule has 0 aliphatic heterocycles. The summed E-state index contributed by atoms with van der Waals surface area (Å²) in [5.41, 5.74) is 0.539. The van der Waals surface area contributed by atoms with Gasteiger partial charge in [0.05, 0.1) is 18.1 Å². The summed E-state index contributed by atoms with van der Waals surface area (Å²) in [5.74, 6) is 0. The first-order valence-electron chi connectivity index (χ1n) is 3.46. The van der Waals surface area contributed by atoms with Crippen LogP contribution in [0.3, 0.4) is 0 Å². The van der Waals surface area contributed by atoms with Gasteiger partial charge in [0.1, 0.15) is 0 Å². The van der Waals surface area contributed by atoms with Crippen LogP contribution in [0.5, 0.6) is 0 Å². The number of hydrogen-bond acceptors (Lipinski definition) is 3. The minimum atomic E-state index is -3.20. The Morgan fingerprint density at radius 3 is 2.54 bits per heavy atom. The van der Waals surface area contributed by atoms with Crippen LogP contribution in [0.2, 0.25) is 0 Å². The maximum atomic E-state index is 11.1. The molecule has 6 heteroatoms. The van der Waals surface area contributed by atoms with E-state index >= 15 is 0 Å². The van der Waals surface area contributed by atoms with Gasteiger partial charge in [-0.3, -0.25) is 9.29 Å². The summed E-state index contributed by atoms with van der Waals surface area (Å²) in [5, 5.41) is 0. The smallest absolute Gasteiger partial charge is 0.232 e. The van der Waals surface area contributed by atoms with Crippen LogP contribution in [0.25, 0.3) is 0 Å². The quantitative estimate of drug-likeness (QED) is 0.808. The van der Waals surface area contributed by atoms with Crippen LogP contribution < -0.4 is 4.31 Å². The van der Waals surface area contributed by atoms with E-state index in [1.165, 1.54) is 17.5 Å². The van der Waals surface area contributed by atoms with Gasteiger partial charge in [0.15, 0.2) is 0 Å². The third-order valence-corrected chi connectivity index (χ3v) is 3.19. The van der Waals surface area contributed by atoms with Gasteiger partial charge in [0.2, 0.25) is 10.0 Å². The topological polar surface area (TPSA) is 50.3 Å². The van der Waals surface area contributed by atoms with Crippen molar-refractivity contribution in [3.8, 4) is 0 Å². The molecule has 72 valence electrons. The number of rotatable bonds is 2. The normalized spacial score (nSPS) is 11.3. The summed E-state index contributed by atoms with van der Waals surface area (Å²) in [6.07, 6.45) is 4.24. The summed E-state index contributed by atoms with van der Waals surface area (Å²) < 4.78 is 24.2. The second-order valence-electron chi connectivity index (χ2n) is 2.59. The number of anilines is 1. The average Bonchev–Trinajstić information content (AvgIpc) is 2.01. The zero-order valence-corrected chi connectivity index (χ0v) is 9.63. The fourth-order valence-corrected chi connectivity index (χ4v) is 1.60. The van der Waals surface area contributed by atoms with Crippen LogP contribution in [0, 0.1) is 0 Å². The van der Waals surface area contributed by atoms with E-state index in [9.17, 15) is 8.42 Å². The predicted octanol–water partition coefficient (Wildman–Crippen LogP) is 1.24. The second kappa shape index (κ2) is 3.63. The lowest BCUT2D eigenvalue weighted by Crippen LogP contribution is -2.24. The molecule has 0 unspecified atom stereocenters. The molecule has 0 aromatic carbocycles. The van der Waals surface area contributed by atoms with Crippen LogP contribution >= 0.6 is 15.9 Å². The largest absolute Gasteiger partial charge is 0.272 e. The first-order chi connectivity index (χ1) is 5.91. The Morgan fingerprint density at radius 1 is 1.46 bits per heavy atom. The minimum absolute atomic E-state index is 0.539. The molecule has 0 aliphatic rings. The van der Waals surface area contributed by atoms with Gasteiger partial charge in [-0.15, -0.1) is 0 Å². The molecule has 0 fully saturated rings. The van der Waals surface area contributed by atoms with Crippen molar-refractivity contribution in [3.05, 3.63) is 22.9 Å². The lowest BCUT2D eigenvalue weighted by molar-refractivity contribution is 0.600. The van der Waals surface area contributed by atoms with Crippen LogP contribution in [-0.4, -0.2) is 26.7 Å². The fraction of sp³-hybridized carbons (Fsp3) is 0.286. The zero-order chi connectivity index (χ0) is 10.1. The molecule has 4 nitrogen and oxygen atoms in total. The van der Waals surface area contributed by atoms with Gasteiger partial charge in [-0.2, -0.15) is 0 Å². The van der Waals surface area contributed by atoms with E-state index in [4.69, 9.17) is 0 Å². The highest BCUT2D eigenvalue weighted by molar-refractivity contribution is 9.10. The number of hydrogen-bond donors (Lipinski definition) is 0. The maximum absolute atomic E-state index is 11.1. The van der Waals surface area contributed by atoms with Crippen molar-refractivity contribution in [3.63, 3.8) is 0 Å². The van der Waals surface area contributed by atoms with Gasteiger partial charge in [0, 0.05) is 17.7 Å². The van der Waals surface area contributed by atoms with Crippen molar-refractivity contribution in [2.24, 2.45) is 0 Å². The number of sulfonamides is 1. The third kappa shape index (κ3) is 2.67. The molecule has 0 atom stereocenters. The Morgan fingerprint density at radius 2 is 2.08 bits per heavy atom. The molecule has 0 aliphatic carbocycles. The van der Waals surface area contributed by atoms with Crippen molar-refractivity contribution in [2.45, 2.75) is 0 Å². The number of pyridine rings is 1. The van der Waals surface area contributed by atoms with Crippen molar-refractivity contribution < 1.29 is 8.42 Å². The highest BCUT2D eigenvalue weighted by Gasteiger charge is 2.11. The lowest BCUT2D eigenvalue weighted by atomic mass is 10.4. The monoisotopic (exact) mass is 264 g/mol. The van der Waals surface area contributed by atoms with Gasteiger partial charge in [-0.25, -0.2) is 8.42 Å². The van der Waals surface area contributed by atoms with E-state index in [1.807, 2.05) is 0 Å². The molecular formula is C7H9BrN2O2S. The molecule has 0 spiro atoms. The second-order valence-corrected chi connectivity index (χ2v) is 5.52. The Bertz CT molecular complexity index is 405. The summed E-state index contributed by atoms with van der Waals surface area (Å²) >= 11 is 3.21. The molecule has 0 radical (unpaired) electrons. The van der Waals surface area contributed by atoms with Crippen molar-refractivity contribution >= 4 is 31.6 Å². The standard InChI is InChI=1S/C7H9BrN2O2S/c1-10(13(2,11)12)7-3-6(8)4-9-5-7/h3-5H,1-2H3. The first kappa shape index (κ1) is 10.5. The van der Waals surface area contributed by atoms with Gasteiger partial charge in [0.25, 0.3) is 0 Å². The summed E-state index contributed by atoms with van der Waals surface area (Å²) in [4.78, 5) is 3.87. The Labute approximate surface area is 85.8 Å². The fourth-order valence-electron chi connectivity index (χ4n) is 0.764. The lowest BCUT2D eigenvalue weighted by Gasteiger charge is -2.15. The summed E-state index contributed by atoms with van der Waals surface area (Å²) in [6, 6.07) is 1.69. The van der Waals surface area contributed by atoms with Gasteiger partial charge >= 0.3 is 0 Å². The van der Waals surface area contributed by atoms with Crippen molar-refractivity contribution in [1.29, 1.82) is 0 Å². The van der Waals surface area contributed by atoms with Crippen LogP contribution in [0.1, 0.15) is 0 Å². The molecule has 0 bridgehead atoms. The Kier molecular flexibility index (Phi) is 2.92. The molecule has 0 amide bonds. The van der Waals surface area contributed by atoms with Gasteiger partial charge < -0.3 is 0 Å². The highest BCUT2D eigenvalue weighted by atomic mass is 79.9. The SMILES string of the molecule is CN(c1cncc(Br)c1)S(C)(=O)=O. The molecule has 0 saturated carbocycles. The molecule has 0 N–H and O–H groups in total. The van der Waals surface area contributed by atoms with Crippen LogP contribution in [0.4, 0.5) is 5.69 Å². The summed E-state index contributed by atoms with van der Waals surface area (Å²) in [6.45, 7) is 0. The highest BCUT2D eigenvalue weighted by Crippen LogP contribution is 2.18. The van der Waals surface area contributed by atoms with Crippen LogP contribution in [-0.2, 0) is 10.0 Å². The molecule has 1 heterocycles. The predicted molar refractivity (Wildman–Crippen MR) is 55.2 cm³/mol. The number of aromatic nitrogens is 1. The number of nitrogens with zero attached hydrogens (tertiary/aromatic N) is 2. The summed E-state index contributed by atoms with van der Waals surface area (Å²) in [7, 11) is -1.72. The zero-order valence-electron chi connectivity index (χ0n) is 7.23. The molecule has 1 aromatic heterocycles. The Balaban J connectivity index is 3.10. The molecule has 13 heavy (non-hydrogen) atoms. The van der Waals surface area contributed by atoms with E-state index in [-0.39, 0.29) is 0 Å². The van der Waals surface area contributed by atoms with E-state index in [1.54, 1.807) is 12.3 Å².